The molecule has 4 rings (SSSR count). The molecule has 7 heteroatoms. The summed E-state index contributed by atoms with van der Waals surface area (Å²) in [6.07, 6.45) is 5.61. The molecule has 2 aromatic carbocycles. The molecule has 0 radical (unpaired) electrons. The third-order valence-corrected chi connectivity index (χ3v) is 5.23. The van der Waals surface area contributed by atoms with Crippen molar-refractivity contribution in [2.75, 3.05) is 0 Å². The number of benzene rings is 2. The Morgan fingerprint density at radius 2 is 1.93 bits per heavy atom. The first-order chi connectivity index (χ1) is 14.0. The van der Waals surface area contributed by atoms with Gasteiger partial charge in [-0.05, 0) is 44.2 Å². The first-order valence-electron chi connectivity index (χ1n) is 9.35. The van der Waals surface area contributed by atoms with Crippen LogP contribution in [-0.2, 0) is 6.54 Å². The van der Waals surface area contributed by atoms with Gasteiger partial charge in [0.25, 0.3) is 0 Å². The molecule has 148 valence electrons. The van der Waals surface area contributed by atoms with Gasteiger partial charge in [-0.1, -0.05) is 29.8 Å². The molecule has 0 aliphatic rings. The molecule has 29 heavy (non-hydrogen) atoms. The number of hydrogen-bond acceptors (Lipinski definition) is 3. The van der Waals surface area contributed by atoms with Crippen LogP contribution in [0.3, 0.4) is 0 Å². The van der Waals surface area contributed by atoms with Crippen molar-refractivity contribution in [2.24, 2.45) is 0 Å². The lowest BCUT2D eigenvalue weighted by atomic mass is 10.1. The molecule has 0 fully saturated rings. The second kappa shape index (κ2) is 8.19. The first kappa shape index (κ1) is 19.4. The Morgan fingerprint density at radius 1 is 1.10 bits per heavy atom. The van der Waals surface area contributed by atoms with E-state index >= 15 is 0 Å². The standard InChI is InChI=1S/C22H21ClFN5/c1-15(20-13-27-29(16(20)2)19-7-5-6-18(24)10-19)25-11-17-12-26-28(14-17)22-9-4-3-8-21(22)23/h3-10,12-15,25H,11H2,1-2H3. The lowest BCUT2D eigenvalue weighted by molar-refractivity contribution is 0.571. The van der Waals surface area contributed by atoms with E-state index in [9.17, 15) is 4.39 Å². The van der Waals surface area contributed by atoms with Crippen molar-refractivity contribution in [1.29, 1.82) is 0 Å². The molecule has 0 spiro atoms. The number of rotatable bonds is 6. The van der Waals surface area contributed by atoms with Crippen LogP contribution < -0.4 is 5.32 Å². The van der Waals surface area contributed by atoms with Gasteiger partial charge in [-0.3, -0.25) is 0 Å². The predicted molar refractivity (Wildman–Crippen MR) is 112 cm³/mol. The zero-order valence-electron chi connectivity index (χ0n) is 16.2. The Hall–Kier alpha value is -2.96. The summed E-state index contributed by atoms with van der Waals surface area (Å²) in [5.74, 6) is -0.277. The van der Waals surface area contributed by atoms with Crippen molar-refractivity contribution < 1.29 is 4.39 Å². The zero-order chi connectivity index (χ0) is 20.4. The molecule has 1 N–H and O–H groups in total. The smallest absolute Gasteiger partial charge is 0.125 e. The zero-order valence-corrected chi connectivity index (χ0v) is 16.9. The van der Waals surface area contributed by atoms with Crippen molar-refractivity contribution in [3.05, 3.63) is 94.8 Å². The molecule has 0 aliphatic heterocycles. The van der Waals surface area contributed by atoms with E-state index in [1.54, 1.807) is 15.4 Å². The van der Waals surface area contributed by atoms with Crippen LogP contribution in [0.2, 0.25) is 5.02 Å². The van der Waals surface area contributed by atoms with Crippen LogP contribution in [0, 0.1) is 12.7 Å². The Kier molecular flexibility index (Phi) is 5.47. The molecular formula is C22H21ClFN5. The van der Waals surface area contributed by atoms with Gasteiger partial charge in [0.15, 0.2) is 0 Å². The van der Waals surface area contributed by atoms with Gasteiger partial charge in [-0.25, -0.2) is 13.8 Å². The van der Waals surface area contributed by atoms with E-state index in [2.05, 4.69) is 22.4 Å². The van der Waals surface area contributed by atoms with Gasteiger partial charge >= 0.3 is 0 Å². The molecule has 1 atom stereocenters. The second-order valence-electron chi connectivity index (χ2n) is 6.92. The van der Waals surface area contributed by atoms with Crippen molar-refractivity contribution in [1.82, 2.24) is 24.9 Å². The molecule has 0 saturated carbocycles. The highest BCUT2D eigenvalue weighted by Crippen LogP contribution is 2.22. The Balaban J connectivity index is 1.46. The summed E-state index contributed by atoms with van der Waals surface area (Å²) < 4.78 is 17.1. The lowest BCUT2D eigenvalue weighted by Gasteiger charge is -2.13. The highest BCUT2D eigenvalue weighted by molar-refractivity contribution is 6.32. The topological polar surface area (TPSA) is 47.7 Å². The van der Waals surface area contributed by atoms with Gasteiger partial charge in [-0.15, -0.1) is 0 Å². The second-order valence-corrected chi connectivity index (χ2v) is 7.33. The monoisotopic (exact) mass is 409 g/mol. The van der Waals surface area contributed by atoms with E-state index in [0.717, 1.165) is 22.5 Å². The minimum absolute atomic E-state index is 0.0703. The summed E-state index contributed by atoms with van der Waals surface area (Å²) in [5.41, 5.74) is 4.64. The van der Waals surface area contributed by atoms with Crippen molar-refractivity contribution in [2.45, 2.75) is 26.4 Å². The van der Waals surface area contributed by atoms with Gasteiger partial charge < -0.3 is 5.32 Å². The maximum Gasteiger partial charge on any atom is 0.125 e. The summed E-state index contributed by atoms with van der Waals surface area (Å²) in [4.78, 5) is 0. The quantitative estimate of drug-likeness (QED) is 0.487. The average molecular weight is 410 g/mol. The molecule has 1 unspecified atom stereocenters. The Labute approximate surface area is 173 Å². The lowest BCUT2D eigenvalue weighted by Crippen LogP contribution is -2.18. The number of nitrogens with zero attached hydrogens (tertiary/aromatic N) is 4. The van der Waals surface area contributed by atoms with Crippen LogP contribution in [0.25, 0.3) is 11.4 Å². The van der Waals surface area contributed by atoms with E-state index in [0.29, 0.717) is 17.3 Å². The van der Waals surface area contributed by atoms with Gasteiger partial charge in [0.2, 0.25) is 0 Å². The fraction of sp³-hybridized carbons (Fsp3) is 0.182. The number of halogens is 2. The van der Waals surface area contributed by atoms with E-state index in [4.69, 9.17) is 11.6 Å². The molecule has 5 nitrogen and oxygen atoms in total. The number of nitrogens with one attached hydrogen (secondary N) is 1. The van der Waals surface area contributed by atoms with Crippen LogP contribution >= 0.6 is 11.6 Å². The molecule has 2 heterocycles. The highest BCUT2D eigenvalue weighted by atomic mass is 35.5. The summed E-state index contributed by atoms with van der Waals surface area (Å²) in [5, 5.41) is 13.0. The Morgan fingerprint density at radius 3 is 2.72 bits per heavy atom. The maximum absolute atomic E-state index is 13.5. The van der Waals surface area contributed by atoms with E-state index in [-0.39, 0.29) is 11.9 Å². The Bertz CT molecular complexity index is 1130. The van der Waals surface area contributed by atoms with Gasteiger partial charge in [-0.2, -0.15) is 10.2 Å². The van der Waals surface area contributed by atoms with E-state index < -0.39 is 0 Å². The number of para-hydroxylation sites is 1. The fourth-order valence-corrected chi connectivity index (χ4v) is 3.54. The van der Waals surface area contributed by atoms with Crippen LogP contribution in [0.5, 0.6) is 0 Å². The van der Waals surface area contributed by atoms with Gasteiger partial charge in [0.1, 0.15) is 5.82 Å². The average Bonchev–Trinajstić information content (AvgIpc) is 3.33. The van der Waals surface area contributed by atoms with Crippen molar-refractivity contribution in [3.8, 4) is 11.4 Å². The minimum atomic E-state index is -0.277. The number of hydrogen-bond donors (Lipinski definition) is 1. The minimum Gasteiger partial charge on any atom is -0.306 e. The highest BCUT2D eigenvalue weighted by Gasteiger charge is 2.15. The molecule has 4 aromatic rings. The van der Waals surface area contributed by atoms with Gasteiger partial charge in [0, 0.05) is 35.6 Å². The normalized spacial score (nSPS) is 12.3. The van der Waals surface area contributed by atoms with E-state index in [1.165, 1.54) is 12.1 Å². The summed E-state index contributed by atoms with van der Waals surface area (Å²) in [6, 6.07) is 14.1. The summed E-state index contributed by atoms with van der Waals surface area (Å²) >= 11 is 6.25. The molecule has 0 saturated heterocycles. The molecule has 0 aliphatic carbocycles. The third-order valence-electron chi connectivity index (χ3n) is 4.91. The van der Waals surface area contributed by atoms with Gasteiger partial charge in [0.05, 0.1) is 28.8 Å². The van der Waals surface area contributed by atoms with Crippen LogP contribution in [0.4, 0.5) is 4.39 Å². The van der Waals surface area contributed by atoms with Crippen molar-refractivity contribution in [3.63, 3.8) is 0 Å². The molecule has 0 bridgehead atoms. The summed E-state index contributed by atoms with van der Waals surface area (Å²) in [7, 11) is 0. The molecule has 2 aromatic heterocycles. The SMILES string of the molecule is Cc1c(C(C)NCc2cnn(-c3ccccc3Cl)c2)cnn1-c1cccc(F)c1. The number of aromatic nitrogens is 4. The largest absolute Gasteiger partial charge is 0.306 e. The third kappa shape index (κ3) is 4.09. The van der Waals surface area contributed by atoms with E-state index in [1.807, 2.05) is 55.8 Å². The van der Waals surface area contributed by atoms with Crippen LogP contribution in [0.1, 0.15) is 29.8 Å². The van der Waals surface area contributed by atoms with Crippen molar-refractivity contribution >= 4 is 11.6 Å². The maximum atomic E-state index is 13.5. The fourth-order valence-electron chi connectivity index (χ4n) is 3.32. The van der Waals surface area contributed by atoms with Crippen LogP contribution in [0.15, 0.2) is 67.1 Å². The first-order valence-corrected chi connectivity index (χ1v) is 9.73. The molecule has 0 amide bonds. The molecular weight excluding hydrogens is 389 g/mol. The summed E-state index contributed by atoms with van der Waals surface area (Å²) in [6.45, 7) is 4.72. The van der Waals surface area contributed by atoms with Crippen LogP contribution in [-0.4, -0.2) is 19.6 Å². The predicted octanol–water partition coefficient (Wildman–Crippen LogP) is 5.01.